The summed E-state index contributed by atoms with van der Waals surface area (Å²) in [7, 11) is 3.62. The topological polar surface area (TPSA) is 92.1 Å². The van der Waals surface area contributed by atoms with Crippen LogP contribution in [0.5, 0.6) is 0 Å². The predicted octanol–water partition coefficient (Wildman–Crippen LogP) is 0.106. The van der Waals surface area contributed by atoms with E-state index >= 15 is 0 Å². The third-order valence-electron chi connectivity index (χ3n) is 1.96. The molecule has 1 aromatic heterocycles. The summed E-state index contributed by atoms with van der Waals surface area (Å²) in [6.45, 7) is 1.51. The van der Waals surface area contributed by atoms with Crippen molar-refractivity contribution in [2.75, 3.05) is 38.2 Å². The molecule has 1 amide bonds. The minimum Gasteiger partial charge on any atom is -0.382 e. The maximum atomic E-state index is 11.7. The molecule has 1 heterocycles. The molecule has 1 aromatic rings. The van der Waals surface area contributed by atoms with Crippen LogP contribution in [0.2, 0.25) is 0 Å². The average Bonchev–Trinajstić information content (AvgIpc) is 2.66. The molecule has 16 heavy (non-hydrogen) atoms. The molecule has 1 rings (SSSR count). The van der Waals surface area contributed by atoms with Gasteiger partial charge in [-0.1, -0.05) is 11.3 Å². The number of aromatic nitrogens is 1. The van der Waals surface area contributed by atoms with Gasteiger partial charge in [0.05, 0.1) is 0 Å². The molecule has 0 aliphatic carbocycles. The molecule has 0 saturated heterocycles. The van der Waals surface area contributed by atoms with Gasteiger partial charge in [-0.2, -0.15) is 0 Å². The molecule has 90 valence electrons. The first-order valence-electron chi connectivity index (χ1n) is 5.06. The van der Waals surface area contributed by atoms with Gasteiger partial charge in [0.25, 0.3) is 5.91 Å². The Labute approximate surface area is 98.6 Å². The maximum Gasteiger partial charge on any atom is 0.265 e. The van der Waals surface area contributed by atoms with Crippen molar-refractivity contribution >= 4 is 28.2 Å². The number of hydrogen-bond acceptors (Lipinski definition) is 6. The number of nitrogens with two attached hydrogens (primary N) is 1. The van der Waals surface area contributed by atoms with Crippen molar-refractivity contribution in [1.82, 2.24) is 15.6 Å². The van der Waals surface area contributed by atoms with Gasteiger partial charge in [0.15, 0.2) is 5.13 Å². The highest BCUT2D eigenvalue weighted by molar-refractivity contribution is 7.18. The molecule has 5 N–H and O–H groups in total. The van der Waals surface area contributed by atoms with Crippen LogP contribution >= 0.6 is 11.3 Å². The summed E-state index contributed by atoms with van der Waals surface area (Å²) in [5.74, 6) is 0.119. The Balaban J connectivity index is 2.49. The Bertz CT molecular complexity index is 352. The molecule has 0 unspecified atom stereocenters. The lowest BCUT2D eigenvalue weighted by Crippen LogP contribution is -2.26. The standard InChI is InChI=1S/C9H17N5OS/c1-11-4-3-5-13-8(15)6-7(10)14-9(12-2)16-6/h11H,3-5,10H2,1-2H3,(H,12,14)(H,13,15). The third-order valence-corrected chi connectivity index (χ3v) is 3.05. The number of hydrogen-bond donors (Lipinski definition) is 4. The molecule has 7 heteroatoms. The summed E-state index contributed by atoms with van der Waals surface area (Å²) in [4.78, 5) is 16.2. The summed E-state index contributed by atoms with van der Waals surface area (Å²) >= 11 is 1.26. The van der Waals surface area contributed by atoms with E-state index in [1.165, 1.54) is 11.3 Å². The zero-order valence-corrected chi connectivity index (χ0v) is 10.3. The molecule has 0 fully saturated rings. The first-order chi connectivity index (χ1) is 7.69. The predicted molar refractivity (Wildman–Crippen MR) is 67.0 cm³/mol. The summed E-state index contributed by atoms with van der Waals surface area (Å²) in [5, 5.41) is 9.31. The largest absolute Gasteiger partial charge is 0.382 e. The molecule has 0 atom stereocenters. The van der Waals surface area contributed by atoms with Crippen molar-refractivity contribution in [1.29, 1.82) is 0 Å². The summed E-state index contributed by atoms with van der Waals surface area (Å²) < 4.78 is 0. The molecule has 0 aliphatic rings. The van der Waals surface area contributed by atoms with Crippen molar-refractivity contribution in [3.05, 3.63) is 4.88 Å². The molecule has 0 bridgehead atoms. The minimum atomic E-state index is -0.160. The van der Waals surface area contributed by atoms with Crippen LogP contribution in [-0.2, 0) is 0 Å². The van der Waals surface area contributed by atoms with Crippen LogP contribution in [0.4, 0.5) is 10.9 Å². The number of amides is 1. The SMILES string of the molecule is CNCCCNC(=O)c1sc(NC)nc1N. The van der Waals surface area contributed by atoms with Gasteiger partial charge in [0, 0.05) is 13.6 Å². The van der Waals surface area contributed by atoms with Crippen LogP contribution in [-0.4, -0.2) is 38.1 Å². The molecule has 0 spiro atoms. The molecule has 6 nitrogen and oxygen atoms in total. The fourth-order valence-corrected chi connectivity index (χ4v) is 1.90. The van der Waals surface area contributed by atoms with E-state index in [0.29, 0.717) is 16.6 Å². The molecular formula is C9H17N5OS. The highest BCUT2D eigenvalue weighted by Gasteiger charge is 2.14. The lowest BCUT2D eigenvalue weighted by molar-refractivity contribution is 0.0958. The Kier molecular flexibility index (Phi) is 5.00. The second-order valence-corrected chi connectivity index (χ2v) is 4.20. The van der Waals surface area contributed by atoms with Crippen LogP contribution in [0, 0.1) is 0 Å². The molecule has 0 aromatic carbocycles. The summed E-state index contributed by atoms with van der Waals surface area (Å²) in [6, 6.07) is 0. The first kappa shape index (κ1) is 12.7. The van der Waals surface area contributed by atoms with E-state index in [9.17, 15) is 4.79 Å². The molecule has 0 saturated carbocycles. The van der Waals surface area contributed by atoms with Gasteiger partial charge in [-0.15, -0.1) is 0 Å². The third kappa shape index (κ3) is 3.35. The monoisotopic (exact) mass is 243 g/mol. The van der Waals surface area contributed by atoms with Crippen molar-refractivity contribution < 1.29 is 4.79 Å². The van der Waals surface area contributed by atoms with Crippen LogP contribution < -0.4 is 21.7 Å². The van der Waals surface area contributed by atoms with Crippen LogP contribution in [0.3, 0.4) is 0 Å². The molecule has 0 aliphatic heterocycles. The smallest absolute Gasteiger partial charge is 0.265 e. The van der Waals surface area contributed by atoms with E-state index in [0.717, 1.165) is 13.0 Å². The van der Waals surface area contributed by atoms with E-state index in [1.807, 2.05) is 7.05 Å². The number of rotatable bonds is 6. The van der Waals surface area contributed by atoms with E-state index in [-0.39, 0.29) is 11.7 Å². The van der Waals surface area contributed by atoms with Gasteiger partial charge < -0.3 is 21.7 Å². The Hall–Kier alpha value is -1.34. The first-order valence-corrected chi connectivity index (χ1v) is 5.87. The quantitative estimate of drug-likeness (QED) is 0.532. The van der Waals surface area contributed by atoms with Gasteiger partial charge in [-0.3, -0.25) is 4.79 Å². The normalized spacial score (nSPS) is 10.1. The zero-order chi connectivity index (χ0) is 12.0. The van der Waals surface area contributed by atoms with E-state index < -0.39 is 0 Å². The number of nitrogens with zero attached hydrogens (tertiary/aromatic N) is 1. The number of thiazole rings is 1. The van der Waals surface area contributed by atoms with E-state index in [1.54, 1.807) is 7.05 Å². The average molecular weight is 243 g/mol. The molecular weight excluding hydrogens is 226 g/mol. The number of nitrogens with one attached hydrogen (secondary N) is 3. The zero-order valence-electron chi connectivity index (χ0n) is 9.46. The Morgan fingerprint density at radius 2 is 2.19 bits per heavy atom. The fraction of sp³-hybridized carbons (Fsp3) is 0.556. The van der Waals surface area contributed by atoms with Crippen molar-refractivity contribution in [3.63, 3.8) is 0 Å². The van der Waals surface area contributed by atoms with Gasteiger partial charge in [0.2, 0.25) is 0 Å². The molecule has 0 radical (unpaired) electrons. The van der Waals surface area contributed by atoms with Crippen molar-refractivity contribution in [2.45, 2.75) is 6.42 Å². The number of anilines is 2. The van der Waals surface area contributed by atoms with E-state index in [2.05, 4.69) is 20.9 Å². The fourth-order valence-electron chi connectivity index (χ4n) is 1.15. The van der Waals surface area contributed by atoms with Crippen molar-refractivity contribution in [2.24, 2.45) is 0 Å². The van der Waals surface area contributed by atoms with Crippen LogP contribution in [0.1, 0.15) is 16.1 Å². The van der Waals surface area contributed by atoms with E-state index in [4.69, 9.17) is 5.73 Å². The van der Waals surface area contributed by atoms with Crippen LogP contribution in [0.15, 0.2) is 0 Å². The number of carbonyl (C=O) groups excluding carboxylic acids is 1. The number of nitrogen functional groups attached to an aromatic ring is 1. The highest BCUT2D eigenvalue weighted by Crippen LogP contribution is 2.23. The summed E-state index contributed by atoms with van der Waals surface area (Å²) in [6.07, 6.45) is 0.889. The lowest BCUT2D eigenvalue weighted by atomic mass is 10.4. The van der Waals surface area contributed by atoms with Gasteiger partial charge in [-0.25, -0.2) is 4.98 Å². The van der Waals surface area contributed by atoms with Crippen molar-refractivity contribution in [3.8, 4) is 0 Å². The van der Waals surface area contributed by atoms with Crippen LogP contribution in [0.25, 0.3) is 0 Å². The maximum absolute atomic E-state index is 11.7. The van der Waals surface area contributed by atoms with Gasteiger partial charge in [-0.05, 0) is 20.0 Å². The Morgan fingerprint density at radius 1 is 1.44 bits per heavy atom. The number of carbonyl (C=O) groups is 1. The highest BCUT2D eigenvalue weighted by atomic mass is 32.1. The summed E-state index contributed by atoms with van der Waals surface area (Å²) in [5.41, 5.74) is 5.63. The second-order valence-electron chi connectivity index (χ2n) is 3.20. The van der Waals surface area contributed by atoms with Gasteiger partial charge in [0.1, 0.15) is 10.7 Å². The minimum absolute atomic E-state index is 0.160. The Morgan fingerprint density at radius 3 is 2.75 bits per heavy atom. The van der Waals surface area contributed by atoms with Gasteiger partial charge >= 0.3 is 0 Å². The lowest BCUT2D eigenvalue weighted by Gasteiger charge is -2.02. The second kappa shape index (κ2) is 6.29.